The third-order valence-electron chi connectivity index (χ3n) is 4.55. The molecule has 0 saturated heterocycles. The van der Waals surface area contributed by atoms with E-state index in [9.17, 15) is 14.7 Å². The molecule has 122 valence electrons. The van der Waals surface area contributed by atoms with Gasteiger partial charge in [0.25, 0.3) is 0 Å². The van der Waals surface area contributed by atoms with E-state index in [1.165, 1.54) is 0 Å². The van der Waals surface area contributed by atoms with Crippen molar-refractivity contribution >= 4 is 23.6 Å². The molecule has 5 heteroatoms. The fourth-order valence-corrected chi connectivity index (χ4v) is 3.48. The lowest BCUT2D eigenvalue weighted by Gasteiger charge is -2.36. The number of hydrogen-bond donors (Lipinski definition) is 2. The summed E-state index contributed by atoms with van der Waals surface area (Å²) < 4.78 is 0. The Morgan fingerprint density at radius 2 is 1.81 bits per heavy atom. The molecule has 1 fully saturated rings. The molecular formula is C16H29NO3S. The van der Waals surface area contributed by atoms with Gasteiger partial charge in [-0.3, -0.25) is 4.79 Å². The van der Waals surface area contributed by atoms with Gasteiger partial charge in [-0.1, -0.05) is 20.8 Å². The summed E-state index contributed by atoms with van der Waals surface area (Å²) in [5, 5.41) is 11.9. The second-order valence-corrected chi connectivity index (χ2v) is 8.08. The van der Waals surface area contributed by atoms with Crippen molar-refractivity contribution < 1.29 is 14.7 Å². The quantitative estimate of drug-likeness (QED) is 0.790. The van der Waals surface area contributed by atoms with Gasteiger partial charge in [-0.05, 0) is 55.4 Å². The number of amides is 1. The number of carbonyl (C=O) groups is 2. The maximum Gasteiger partial charge on any atom is 0.326 e. The lowest BCUT2D eigenvalue weighted by atomic mass is 9.69. The molecule has 1 rings (SSSR count). The summed E-state index contributed by atoms with van der Waals surface area (Å²) in [6.07, 6.45) is 6.30. The molecule has 1 aliphatic carbocycles. The van der Waals surface area contributed by atoms with Crippen molar-refractivity contribution in [3.8, 4) is 0 Å². The zero-order valence-corrected chi connectivity index (χ0v) is 14.5. The molecular weight excluding hydrogens is 286 g/mol. The van der Waals surface area contributed by atoms with Gasteiger partial charge in [-0.15, -0.1) is 0 Å². The molecule has 0 aliphatic heterocycles. The van der Waals surface area contributed by atoms with Crippen LogP contribution in [0, 0.1) is 17.3 Å². The minimum Gasteiger partial charge on any atom is -0.480 e. The summed E-state index contributed by atoms with van der Waals surface area (Å²) in [5.74, 6) is 0.387. The van der Waals surface area contributed by atoms with Gasteiger partial charge < -0.3 is 10.4 Å². The van der Waals surface area contributed by atoms with Crippen LogP contribution in [0.1, 0.15) is 52.9 Å². The Hall–Kier alpha value is -0.710. The normalized spacial score (nSPS) is 24.4. The van der Waals surface area contributed by atoms with E-state index in [1.54, 1.807) is 11.8 Å². The molecule has 0 radical (unpaired) electrons. The van der Waals surface area contributed by atoms with E-state index >= 15 is 0 Å². The first kappa shape index (κ1) is 18.3. The minimum absolute atomic E-state index is 0.0141. The van der Waals surface area contributed by atoms with Crippen molar-refractivity contribution in [3.63, 3.8) is 0 Å². The molecule has 1 unspecified atom stereocenters. The van der Waals surface area contributed by atoms with Crippen LogP contribution in [0.4, 0.5) is 0 Å². The molecule has 0 aromatic carbocycles. The van der Waals surface area contributed by atoms with Crippen molar-refractivity contribution in [2.24, 2.45) is 17.3 Å². The van der Waals surface area contributed by atoms with Crippen LogP contribution < -0.4 is 5.32 Å². The van der Waals surface area contributed by atoms with E-state index < -0.39 is 12.0 Å². The highest BCUT2D eigenvalue weighted by Gasteiger charge is 2.33. The third-order valence-corrected chi connectivity index (χ3v) is 5.19. The molecule has 4 nitrogen and oxygen atoms in total. The van der Waals surface area contributed by atoms with Gasteiger partial charge in [0.15, 0.2) is 0 Å². The van der Waals surface area contributed by atoms with E-state index in [2.05, 4.69) is 26.1 Å². The molecule has 0 spiro atoms. The van der Waals surface area contributed by atoms with E-state index in [0.717, 1.165) is 31.4 Å². The molecule has 0 aromatic rings. The largest absolute Gasteiger partial charge is 0.480 e. The summed E-state index contributed by atoms with van der Waals surface area (Å²) in [4.78, 5) is 23.4. The van der Waals surface area contributed by atoms with Crippen LogP contribution >= 0.6 is 11.8 Å². The third kappa shape index (κ3) is 5.89. The minimum atomic E-state index is -0.930. The predicted molar refractivity (Wildman–Crippen MR) is 87.5 cm³/mol. The van der Waals surface area contributed by atoms with Crippen LogP contribution in [0.15, 0.2) is 0 Å². The maximum atomic E-state index is 12.3. The number of carboxylic acid groups (broad SMARTS) is 1. The number of thioether (sulfide) groups is 1. The zero-order chi connectivity index (χ0) is 16.0. The fraction of sp³-hybridized carbons (Fsp3) is 0.875. The van der Waals surface area contributed by atoms with Gasteiger partial charge in [0.05, 0.1) is 0 Å². The number of carbonyl (C=O) groups excluding carboxylic acids is 1. The number of aliphatic carboxylic acids is 1. The van der Waals surface area contributed by atoms with E-state index in [4.69, 9.17) is 0 Å². The van der Waals surface area contributed by atoms with Crippen LogP contribution in [-0.4, -0.2) is 35.0 Å². The van der Waals surface area contributed by atoms with Gasteiger partial charge in [0.1, 0.15) is 6.04 Å². The average molecular weight is 315 g/mol. The SMILES string of the molecule is CSCCC(NC(=O)C1CCC(C(C)(C)C)CC1)C(=O)O. The highest BCUT2D eigenvalue weighted by atomic mass is 32.2. The summed E-state index contributed by atoms with van der Waals surface area (Å²) in [6, 6.07) is -0.745. The maximum absolute atomic E-state index is 12.3. The summed E-state index contributed by atoms with van der Waals surface area (Å²) >= 11 is 1.60. The molecule has 1 amide bonds. The average Bonchev–Trinajstić information content (AvgIpc) is 2.42. The fourth-order valence-electron chi connectivity index (χ4n) is 3.00. The molecule has 1 aliphatic rings. The summed E-state index contributed by atoms with van der Waals surface area (Å²) in [6.45, 7) is 6.75. The van der Waals surface area contributed by atoms with Gasteiger partial charge in [-0.2, -0.15) is 11.8 Å². The molecule has 0 bridgehead atoms. The van der Waals surface area contributed by atoms with Crippen LogP contribution in [-0.2, 0) is 9.59 Å². The predicted octanol–water partition coefficient (Wildman–Crippen LogP) is 3.16. The first-order valence-corrected chi connectivity index (χ1v) is 9.17. The lowest BCUT2D eigenvalue weighted by Crippen LogP contribution is -2.45. The molecule has 21 heavy (non-hydrogen) atoms. The number of hydrogen-bond acceptors (Lipinski definition) is 3. The summed E-state index contributed by atoms with van der Waals surface area (Å²) in [5.41, 5.74) is 0.295. The van der Waals surface area contributed by atoms with Gasteiger partial charge >= 0.3 is 5.97 Å². The topological polar surface area (TPSA) is 66.4 Å². The Labute approximate surface area is 132 Å². The smallest absolute Gasteiger partial charge is 0.326 e. The van der Waals surface area contributed by atoms with E-state index in [0.29, 0.717) is 17.8 Å². The molecule has 1 atom stereocenters. The Bertz CT molecular complexity index is 357. The zero-order valence-electron chi connectivity index (χ0n) is 13.6. The first-order valence-electron chi connectivity index (χ1n) is 7.77. The van der Waals surface area contributed by atoms with Crippen molar-refractivity contribution in [2.75, 3.05) is 12.0 Å². The van der Waals surface area contributed by atoms with Gasteiger partial charge in [0.2, 0.25) is 5.91 Å². The highest BCUT2D eigenvalue weighted by Crippen LogP contribution is 2.39. The van der Waals surface area contributed by atoms with Crippen LogP contribution in [0.2, 0.25) is 0 Å². The first-order chi connectivity index (χ1) is 9.75. The molecule has 0 heterocycles. The lowest BCUT2D eigenvalue weighted by molar-refractivity contribution is -0.142. The Morgan fingerprint density at radius 1 is 1.24 bits per heavy atom. The Kier molecular flexibility index (Phi) is 7.04. The standard InChI is InChI=1S/C16H29NO3S/c1-16(2,3)12-7-5-11(6-8-12)14(18)17-13(15(19)20)9-10-21-4/h11-13H,5-10H2,1-4H3,(H,17,18)(H,19,20). The number of carboxylic acids is 1. The van der Waals surface area contributed by atoms with Crippen molar-refractivity contribution in [1.82, 2.24) is 5.32 Å². The van der Waals surface area contributed by atoms with Crippen molar-refractivity contribution in [1.29, 1.82) is 0 Å². The van der Waals surface area contributed by atoms with Gasteiger partial charge in [0, 0.05) is 5.92 Å². The van der Waals surface area contributed by atoms with Crippen LogP contribution in [0.25, 0.3) is 0 Å². The highest BCUT2D eigenvalue weighted by molar-refractivity contribution is 7.98. The second kappa shape index (κ2) is 8.06. The Morgan fingerprint density at radius 3 is 2.24 bits per heavy atom. The van der Waals surface area contributed by atoms with Crippen LogP contribution in [0.3, 0.4) is 0 Å². The van der Waals surface area contributed by atoms with Gasteiger partial charge in [-0.25, -0.2) is 4.79 Å². The second-order valence-electron chi connectivity index (χ2n) is 7.10. The van der Waals surface area contributed by atoms with E-state index in [1.807, 2.05) is 6.26 Å². The van der Waals surface area contributed by atoms with Crippen LogP contribution in [0.5, 0.6) is 0 Å². The summed E-state index contributed by atoms with van der Waals surface area (Å²) in [7, 11) is 0. The van der Waals surface area contributed by atoms with Crippen molar-refractivity contribution in [2.45, 2.75) is 58.9 Å². The molecule has 1 saturated carbocycles. The van der Waals surface area contributed by atoms with E-state index in [-0.39, 0.29) is 11.8 Å². The number of rotatable bonds is 6. The van der Waals surface area contributed by atoms with Crippen molar-refractivity contribution in [3.05, 3.63) is 0 Å². The molecule has 2 N–H and O–H groups in total. The molecule has 0 aromatic heterocycles. The Balaban J connectivity index is 2.47. The monoisotopic (exact) mass is 315 g/mol. The number of nitrogens with one attached hydrogen (secondary N) is 1.